The molecule has 0 spiro atoms. The fourth-order valence-electron chi connectivity index (χ4n) is 1.77. The zero-order chi connectivity index (χ0) is 11.0. The Labute approximate surface area is 96.0 Å². The molecule has 1 aromatic rings. The van der Waals surface area contributed by atoms with Gasteiger partial charge < -0.3 is 4.74 Å². The van der Waals surface area contributed by atoms with Crippen LogP contribution in [0, 0.1) is 5.92 Å². The monoisotopic (exact) mass is 244 g/mol. The molecule has 0 bridgehead atoms. The fourth-order valence-corrected chi connectivity index (χ4v) is 3.00. The Balaban J connectivity index is 2.30. The first kappa shape index (κ1) is 10.6. The highest BCUT2D eigenvalue weighted by atomic mass is 35.5. The van der Waals surface area contributed by atoms with Gasteiger partial charge in [0, 0.05) is 6.42 Å². The number of hydrogen-bond acceptors (Lipinski definition) is 4. The summed E-state index contributed by atoms with van der Waals surface area (Å²) < 4.78 is 5.24. The van der Waals surface area contributed by atoms with Crippen molar-refractivity contribution in [2.75, 3.05) is 7.11 Å². The lowest BCUT2D eigenvalue weighted by Crippen LogP contribution is -2.26. The Kier molecular flexibility index (Phi) is 2.80. The predicted octanol–water partition coefficient (Wildman–Crippen LogP) is 2.32. The molecule has 80 valence electrons. The number of halogens is 1. The second-order valence-corrected chi connectivity index (χ2v) is 5.14. The molecule has 0 fully saturated rings. The molecule has 1 aromatic heterocycles. The fraction of sp³-hybridized carbons (Fsp3) is 0.400. The second-order valence-electron chi connectivity index (χ2n) is 3.46. The zero-order valence-electron chi connectivity index (χ0n) is 8.08. The molecular formula is C10H9ClO3S. The van der Waals surface area contributed by atoms with E-state index >= 15 is 0 Å². The highest BCUT2D eigenvalue weighted by molar-refractivity contribution is 7.18. The molecule has 3 nitrogen and oxygen atoms in total. The lowest BCUT2D eigenvalue weighted by Gasteiger charge is -2.18. The third-order valence-corrected chi connectivity index (χ3v) is 3.81. The molecule has 0 aliphatic heterocycles. The minimum Gasteiger partial charge on any atom is -0.469 e. The van der Waals surface area contributed by atoms with Gasteiger partial charge in [-0.05, 0) is 18.1 Å². The van der Waals surface area contributed by atoms with Crippen LogP contribution in [0.1, 0.15) is 21.7 Å². The van der Waals surface area contributed by atoms with Crippen molar-refractivity contribution in [3.8, 4) is 0 Å². The normalized spacial score (nSPS) is 19.9. The lowest BCUT2D eigenvalue weighted by molar-refractivity contribution is -0.145. The van der Waals surface area contributed by atoms with E-state index in [0.29, 0.717) is 15.6 Å². The number of esters is 1. The van der Waals surface area contributed by atoms with E-state index in [1.807, 2.05) is 0 Å². The van der Waals surface area contributed by atoms with Crippen molar-refractivity contribution in [2.24, 2.45) is 5.92 Å². The van der Waals surface area contributed by atoms with Gasteiger partial charge in [-0.3, -0.25) is 9.59 Å². The summed E-state index contributed by atoms with van der Waals surface area (Å²) in [7, 11) is 1.34. The second kappa shape index (κ2) is 3.94. The molecule has 15 heavy (non-hydrogen) atoms. The van der Waals surface area contributed by atoms with Gasteiger partial charge in [-0.1, -0.05) is 11.6 Å². The number of Topliss-reactive ketones (excluding diaryl/α,β-unsaturated/α-hetero) is 1. The maximum Gasteiger partial charge on any atom is 0.309 e. The molecule has 2 rings (SSSR count). The maximum atomic E-state index is 11.7. The number of ketones is 1. The number of thiophene rings is 1. The first-order valence-corrected chi connectivity index (χ1v) is 5.70. The van der Waals surface area contributed by atoms with Crippen LogP contribution in [-0.2, 0) is 16.0 Å². The van der Waals surface area contributed by atoms with Crippen LogP contribution < -0.4 is 0 Å². The van der Waals surface area contributed by atoms with Crippen LogP contribution in [0.4, 0.5) is 0 Å². The molecule has 1 unspecified atom stereocenters. The molecule has 0 amide bonds. The predicted molar refractivity (Wildman–Crippen MR) is 57.5 cm³/mol. The van der Waals surface area contributed by atoms with E-state index in [1.165, 1.54) is 18.4 Å². The van der Waals surface area contributed by atoms with Crippen LogP contribution in [0.3, 0.4) is 0 Å². The quantitative estimate of drug-likeness (QED) is 0.712. The molecule has 0 saturated heterocycles. The summed E-state index contributed by atoms with van der Waals surface area (Å²) in [4.78, 5) is 23.7. The van der Waals surface area contributed by atoms with Crippen molar-refractivity contribution in [3.63, 3.8) is 0 Å². The molecule has 1 aliphatic rings. The highest BCUT2D eigenvalue weighted by Gasteiger charge is 2.32. The largest absolute Gasteiger partial charge is 0.469 e. The van der Waals surface area contributed by atoms with Crippen molar-refractivity contribution in [3.05, 3.63) is 20.8 Å². The average Bonchev–Trinajstić information content (AvgIpc) is 2.58. The smallest absolute Gasteiger partial charge is 0.309 e. The standard InChI is InChI=1S/C10H9ClO3S/c1-14-10(13)6-2-5-4-8(11)15-9(5)7(12)3-6/h4,6H,2-3H2,1H3. The van der Waals surface area contributed by atoms with Gasteiger partial charge in [-0.2, -0.15) is 0 Å². The van der Waals surface area contributed by atoms with Gasteiger partial charge in [0.1, 0.15) is 0 Å². The molecule has 0 radical (unpaired) electrons. The number of carbonyl (C=O) groups excluding carboxylic acids is 2. The van der Waals surface area contributed by atoms with Crippen LogP contribution in [0.5, 0.6) is 0 Å². The van der Waals surface area contributed by atoms with Gasteiger partial charge in [0.05, 0.1) is 22.2 Å². The van der Waals surface area contributed by atoms with E-state index in [9.17, 15) is 9.59 Å². The highest BCUT2D eigenvalue weighted by Crippen LogP contribution is 2.34. The van der Waals surface area contributed by atoms with Crippen molar-refractivity contribution in [1.82, 2.24) is 0 Å². The van der Waals surface area contributed by atoms with Crippen molar-refractivity contribution in [1.29, 1.82) is 0 Å². The summed E-state index contributed by atoms with van der Waals surface area (Å²) in [6, 6.07) is 1.76. The van der Waals surface area contributed by atoms with Crippen molar-refractivity contribution >= 4 is 34.7 Å². The molecule has 1 aliphatic carbocycles. The van der Waals surface area contributed by atoms with E-state index in [-0.39, 0.29) is 24.1 Å². The summed E-state index contributed by atoms with van der Waals surface area (Å²) in [5, 5.41) is 0. The molecule has 0 aromatic carbocycles. The Morgan fingerprint density at radius 3 is 3.00 bits per heavy atom. The van der Waals surface area contributed by atoms with E-state index in [1.54, 1.807) is 6.07 Å². The van der Waals surface area contributed by atoms with Crippen molar-refractivity contribution < 1.29 is 14.3 Å². The summed E-state index contributed by atoms with van der Waals surface area (Å²) in [6.07, 6.45) is 0.785. The van der Waals surface area contributed by atoms with E-state index < -0.39 is 0 Å². The number of hydrogen-bond donors (Lipinski definition) is 0. The Morgan fingerprint density at radius 1 is 1.60 bits per heavy atom. The van der Waals surface area contributed by atoms with Crippen LogP contribution in [0.2, 0.25) is 4.34 Å². The number of methoxy groups -OCH3 is 1. The Morgan fingerprint density at radius 2 is 2.33 bits per heavy atom. The van der Waals surface area contributed by atoms with Gasteiger partial charge in [-0.25, -0.2) is 0 Å². The zero-order valence-corrected chi connectivity index (χ0v) is 9.65. The van der Waals surface area contributed by atoms with E-state index in [4.69, 9.17) is 11.6 Å². The number of carbonyl (C=O) groups is 2. The minimum atomic E-state index is -0.347. The van der Waals surface area contributed by atoms with Gasteiger partial charge in [0.15, 0.2) is 5.78 Å². The SMILES string of the molecule is COC(=O)C1CC(=O)c2sc(Cl)cc2C1. The molecule has 1 heterocycles. The van der Waals surface area contributed by atoms with Gasteiger partial charge in [0.25, 0.3) is 0 Å². The van der Waals surface area contributed by atoms with E-state index in [0.717, 1.165) is 5.56 Å². The average molecular weight is 245 g/mol. The molecule has 1 atom stereocenters. The number of fused-ring (bicyclic) bond motifs is 1. The summed E-state index contributed by atoms with van der Waals surface area (Å²) in [5.74, 6) is -0.680. The van der Waals surface area contributed by atoms with Gasteiger partial charge in [0.2, 0.25) is 0 Å². The van der Waals surface area contributed by atoms with Crippen molar-refractivity contribution in [2.45, 2.75) is 12.8 Å². The third kappa shape index (κ3) is 1.92. The first-order chi connectivity index (χ1) is 7.11. The van der Waals surface area contributed by atoms with Crippen LogP contribution >= 0.6 is 22.9 Å². The summed E-state index contributed by atoms with van der Waals surface area (Å²) in [6.45, 7) is 0. The Hall–Kier alpha value is -0.870. The van der Waals surface area contributed by atoms with Crippen LogP contribution in [0.25, 0.3) is 0 Å². The van der Waals surface area contributed by atoms with E-state index in [2.05, 4.69) is 4.74 Å². The van der Waals surface area contributed by atoms with Crippen LogP contribution in [-0.4, -0.2) is 18.9 Å². The van der Waals surface area contributed by atoms with Crippen LogP contribution in [0.15, 0.2) is 6.07 Å². The Bertz CT molecular complexity index is 424. The first-order valence-electron chi connectivity index (χ1n) is 4.51. The number of rotatable bonds is 1. The molecule has 0 saturated carbocycles. The summed E-state index contributed by atoms with van der Waals surface area (Å²) >= 11 is 7.11. The molecular weight excluding hydrogens is 236 g/mol. The molecule has 0 N–H and O–H groups in total. The van der Waals surface area contributed by atoms with Gasteiger partial charge in [-0.15, -0.1) is 11.3 Å². The lowest BCUT2D eigenvalue weighted by atomic mass is 9.88. The maximum absolute atomic E-state index is 11.7. The van der Waals surface area contributed by atoms with Gasteiger partial charge >= 0.3 is 5.97 Å². The minimum absolute atomic E-state index is 0.0106. The topological polar surface area (TPSA) is 43.4 Å². The molecule has 5 heteroatoms. The third-order valence-electron chi connectivity index (χ3n) is 2.46. The summed E-state index contributed by atoms with van der Waals surface area (Å²) in [5.41, 5.74) is 0.872. The number of ether oxygens (including phenoxy) is 1.